The van der Waals surface area contributed by atoms with E-state index in [0.29, 0.717) is 76.3 Å². The Labute approximate surface area is 268 Å². The van der Waals surface area contributed by atoms with Crippen LogP contribution in [-0.2, 0) is 14.2 Å². The van der Waals surface area contributed by atoms with E-state index in [-0.39, 0.29) is 5.91 Å². The summed E-state index contributed by atoms with van der Waals surface area (Å²) in [7, 11) is 0. The fourth-order valence-electron chi connectivity index (χ4n) is 3.81. The first kappa shape index (κ1) is 39.2. The molecule has 14 nitrogen and oxygen atoms in total. The predicted molar refractivity (Wildman–Crippen MR) is 173 cm³/mol. The second-order valence-corrected chi connectivity index (χ2v) is 13.6. The second kappa shape index (κ2) is 18.2. The number of aromatic nitrogens is 1. The summed E-state index contributed by atoms with van der Waals surface area (Å²) in [6, 6.07) is 3.21. The molecule has 1 aromatic rings. The summed E-state index contributed by atoms with van der Waals surface area (Å²) in [6.07, 6.45) is 2.26. The van der Waals surface area contributed by atoms with E-state index < -0.39 is 35.1 Å². The number of nitrogen functional groups attached to an aromatic ring is 1. The molecule has 1 rings (SSSR count). The molecule has 0 aliphatic heterocycles. The third-order valence-corrected chi connectivity index (χ3v) is 5.75. The van der Waals surface area contributed by atoms with Crippen molar-refractivity contribution in [2.75, 3.05) is 44.7 Å². The van der Waals surface area contributed by atoms with Crippen molar-refractivity contribution in [3.63, 3.8) is 0 Å². The van der Waals surface area contributed by atoms with E-state index in [1.165, 1.54) is 6.20 Å². The summed E-state index contributed by atoms with van der Waals surface area (Å²) in [5.74, 6) is 5.48. The molecular formula is C31H55N7O7. The van der Waals surface area contributed by atoms with Crippen LogP contribution < -0.4 is 21.9 Å². The number of nitrogens with one attached hydrogen (secondary N) is 3. The van der Waals surface area contributed by atoms with Gasteiger partial charge in [-0.3, -0.25) is 4.79 Å². The van der Waals surface area contributed by atoms with Crippen molar-refractivity contribution in [3.05, 3.63) is 23.9 Å². The molecule has 0 saturated heterocycles. The van der Waals surface area contributed by atoms with Crippen molar-refractivity contribution in [1.82, 2.24) is 25.4 Å². The molecule has 14 heteroatoms. The van der Waals surface area contributed by atoms with E-state index in [4.69, 9.17) is 20.1 Å². The standard InChI is InChI=1S/C31H55N7O7/c1-29(2,3)43-26(40)34-17-13-21-38(28(42)45-31(7,8)9)19-11-10-18-37(27(41)44-30(4,5)6)20-12-16-33-25(39)23-14-15-24(36-32)35-22-23/h14-15,22H,10-13,16-21,32H2,1-9H3,(H,33,39)(H,34,40)(H,35,36). The van der Waals surface area contributed by atoms with Gasteiger partial charge in [0.1, 0.15) is 22.6 Å². The highest BCUT2D eigenvalue weighted by Crippen LogP contribution is 2.14. The molecule has 0 aromatic carbocycles. The highest BCUT2D eigenvalue weighted by Gasteiger charge is 2.24. The van der Waals surface area contributed by atoms with Gasteiger partial charge in [0.15, 0.2) is 0 Å². The monoisotopic (exact) mass is 637 g/mol. The molecule has 0 aliphatic carbocycles. The van der Waals surface area contributed by atoms with Crippen molar-refractivity contribution in [1.29, 1.82) is 0 Å². The Morgan fingerprint density at radius 3 is 1.53 bits per heavy atom. The minimum atomic E-state index is -0.665. The highest BCUT2D eigenvalue weighted by atomic mass is 16.6. The zero-order valence-corrected chi connectivity index (χ0v) is 28.6. The molecule has 1 heterocycles. The normalized spacial score (nSPS) is 11.7. The van der Waals surface area contributed by atoms with E-state index in [2.05, 4.69) is 21.0 Å². The van der Waals surface area contributed by atoms with E-state index in [9.17, 15) is 19.2 Å². The van der Waals surface area contributed by atoms with Crippen molar-refractivity contribution in [2.45, 2.75) is 105 Å². The van der Waals surface area contributed by atoms with Crippen LogP contribution in [0.3, 0.4) is 0 Å². The number of alkyl carbamates (subject to hydrolysis) is 1. The SMILES string of the molecule is CC(C)(C)OC(=O)NCCCN(CCCCN(CCCNC(=O)c1ccc(NN)nc1)C(=O)OC(C)(C)C)C(=O)OC(C)(C)C. The lowest BCUT2D eigenvalue weighted by Gasteiger charge is -2.29. The third kappa shape index (κ3) is 18.6. The first-order valence-electron chi connectivity index (χ1n) is 15.4. The number of amides is 4. The Kier molecular flexibility index (Phi) is 15.9. The molecule has 1 aromatic heterocycles. The van der Waals surface area contributed by atoms with Crippen molar-refractivity contribution < 1.29 is 33.4 Å². The number of rotatable bonds is 15. The van der Waals surface area contributed by atoms with Gasteiger partial charge in [0.25, 0.3) is 5.91 Å². The summed E-state index contributed by atoms with van der Waals surface area (Å²) >= 11 is 0. The van der Waals surface area contributed by atoms with E-state index in [1.807, 2.05) is 0 Å². The lowest BCUT2D eigenvalue weighted by Crippen LogP contribution is -2.40. The van der Waals surface area contributed by atoms with Crippen LogP contribution in [0.15, 0.2) is 18.3 Å². The third-order valence-electron chi connectivity index (χ3n) is 5.75. The molecule has 45 heavy (non-hydrogen) atoms. The average molecular weight is 638 g/mol. The van der Waals surface area contributed by atoms with Crippen LogP contribution >= 0.6 is 0 Å². The number of nitrogens with zero attached hydrogens (tertiary/aromatic N) is 3. The van der Waals surface area contributed by atoms with Crippen LogP contribution in [0.2, 0.25) is 0 Å². The van der Waals surface area contributed by atoms with Crippen molar-refractivity contribution in [2.24, 2.45) is 5.84 Å². The van der Waals surface area contributed by atoms with E-state index >= 15 is 0 Å². The Balaban J connectivity index is 2.68. The maximum atomic E-state index is 12.9. The number of carbonyl (C=O) groups excluding carboxylic acids is 4. The minimum absolute atomic E-state index is 0.279. The molecule has 0 radical (unpaired) electrons. The van der Waals surface area contributed by atoms with Gasteiger partial charge in [0.05, 0.1) is 5.56 Å². The Hall–Kier alpha value is -3.81. The Bertz CT molecular complexity index is 1080. The maximum Gasteiger partial charge on any atom is 0.410 e. The smallest absolute Gasteiger partial charge is 0.410 e. The fraction of sp³-hybridized carbons (Fsp3) is 0.710. The molecule has 0 aliphatic rings. The molecule has 0 atom stereocenters. The van der Waals surface area contributed by atoms with Gasteiger partial charge >= 0.3 is 18.3 Å². The number of ether oxygens (including phenoxy) is 3. The van der Waals surface area contributed by atoms with Crippen LogP contribution in [0.1, 0.15) is 98.4 Å². The van der Waals surface area contributed by atoms with Gasteiger partial charge in [-0.25, -0.2) is 25.2 Å². The van der Waals surface area contributed by atoms with Crippen LogP contribution in [0.5, 0.6) is 0 Å². The van der Waals surface area contributed by atoms with Crippen LogP contribution in [-0.4, -0.2) is 95.0 Å². The van der Waals surface area contributed by atoms with Crippen molar-refractivity contribution in [3.8, 4) is 0 Å². The van der Waals surface area contributed by atoms with Gasteiger partial charge in [-0.2, -0.15) is 0 Å². The zero-order chi connectivity index (χ0) is 34.3. The highest BCUT2D eigenvalue weighted by molar-refractivity contribution is 5.94. The van der Waals surface area contributed by atoms with Gasteiger partial charge in [-0.1, -0.05) is 0 Å². The minimum Gasteiger partial charge on any atom is -0.444 e. The molecule has 0 unspecified atom stereocenters. The molecule has 0 fully saturated rings. The van der Waals surface area contributed by atoms with Gasteiger partial charge < -0.3 is 40.1 Å². The lowest BCUT2D eigenvalue weighted by atomic mass is 10.2. The van der Waals surface area contributed by atoms with Crippen LogP contribution in [0.25, 0.3) is 0 Å². The number of hydrogen-bond donors (Lipinski definition) is 4. The molecule has 0 bridgehead atoms. The summed E-state index contributed by atoms with van der Waals surface area (Å²) < 4.78 is 16.4. The zero-order valence-electron chi connectivity index (χ0n) is 28.6. The van der Waals surface area contributed by atoms with E-state index in [0.717, 1.165) is 0 Å². The number of unbranched alkanes of at least 4 members (excludes halogenated alkanes) is 1. The molecule has 4 amide bonds. The maximum absolute atomic E-state index is 12.9. The fourth-order valence-corrected chi connectivity index (χ4v) is 3.81. The first-order chi connectivity index (χ1) is 20.8. The summed E-state index contributed by atoms with van der Waals surface area (Å²) in [5.41, 5.74) is 0.889. The number of anilines is 1. The molecular weight excluding hydrogens is 582 g/mol. The van der Waals surface area contributed by atoms with Gasteiger partial charge in [-0.15, -0.1) is 0 Å². The van der Waals surface area contributed by atoms with Crippen LogP contribution in [0, 0.1) is 0 Å². The van der Waals surface area contributed by atoms with Crippen LogP contribution in [0.4, 0.5) is 20.2 Å². The second-order valence-electron chi connectivity index (χ2n) is 13.6. The molecule has 256 valence electrons. The molecule has 0 spiro atoms. The summed E-state index contributed by atoms with van der Waals surface area (Å²) in [5, 5.41) is 5.54. The number of pyridine rings is 1. The predicted octanol–water partition coefficient (Wildman–Crippen LogP) is 4.66. The summed E-state index contributed by atoms with van der Waals surface area (Å²) in [4.78, 5) is 57.5. The number of hydrogen-bond acceptors (Lipinski definition) is 10. The van der Waals surface area contributed by atoms with E-state index in [1.54, 1.807) is 84.2 Å². The van der Waals surface area contributed by atoms with Gasteiger partial charge in [-0.05, 0) is 100 Å². The topological polar surface area (TPSA) is 177 Å². The van der Waals surface area contributed by atoms with Gasteiger partial charge in [0, 0.05) is 45.5 Å². The van der Waals surface area contributed by atoms with Gasteiger partial charge in [0.2, 0.25) is 0 Å². The number of nitrogens with two attached hydrogens (primary N) is 1. The first-order valence-corrected chi connectivity index (χ1v) is 15.4. The molecule has 5 N–H and O–H groups in total. The quantitative estimate of drug-likeness (QED) is 0.0915. The summed E-state index contributed by atoms with van der Waals surface area (Å²) in [6.45, 7) is 18.4. The van der Waals surface area contributed by atoms with Crippen molar-refractivity contribution >= 4 is 30.0 Å². The number of hydrazine groups is 1. The molecule has 0 saturated carbocycles. The number of carbonyl (C=O) groups is 4. The Morgan fingerprint density at radius 1 is 0.689 bits per heavy atom. The largest absolute Gasteiger partial charge is 0.444 e. The average Bonchev–Trinajstić information content (AvgIpc) is 2.90. The lowest BCUT2D eigenvalue weighted by molar-refractivity contribution is 0.0207. The Morgan fingerprint density at radius 2 is 1.13 bits per heavy atom.